The Morgan fingerprint density at radius 1 is 1.60 bits per heavy atom. The van der Waals surface area contributed by atoms with Gasteiger partial charge in [0, 0.05) is 11.1 Å². The van der Waals surface area contributed by atoms with Gasteiger partial charge in [-0.25, -0.2) is 9.79 Å². The van der Waals surface area contributed by atoms with E-state index in [9.17, 15) is 9.00 Å². The summed E-state index contributed by atoms with van der Waals surface area (Å²) < 4.78 is 15.9. The van der Waals surface area contributed by atoms with Crippen molar-refractivity contribution >= 4 is 22.5 Å². The molecule has 5 heteroatoms. The fraction of sp³-hybridized carbons (Fsp3) is 0.600. The van der Waals surface area contributed by atoms with Gasteiger partial charge in [0.05, 0.1) is 22.2 Å². The normalized spacial score (nSPS) is 24.1. The lowest BCUT2D eigenvalue weighted by molar-refractivity contribution is -0.135. The van der Waals surface area contributed by atoms with Crippen molar-refractivity contribution in [3.05, 3.63) is 11.1 Å². The van der Waals surface area contributed by atoms with E-state index in [-0.39, 0.29) is 5.71 Å². The van der Waals surface area contributed by atoms with Gasteiger partial charge in [0.25, 0.3) is 0 Å². The minimum atomic E-state index is -1.23. The molecule has 1 heterocycles. The number of hydrogen-bond donors (Lipinski definition) is 0. The van der Waals surface area contributed by atoms with Crippen LogP contribution in [0.5, 0.6) is 0 Å². The Bertz CT molecular complexity index is 369. The van der Waals surface area contributed by atoms with Crippen LogP contribution in [0.25, 0.3) is 0 Å². The van der Waals surface area contributed by atoms with Crippen molar-refractivity contribution in [1.82, 2.24) is 0 Å². The van der Waals surface area contributed by atoms with Crippen LogP contribution < -0.4 is 0 Å². The third kappa shape index (κ3) is 2.34. The lowest BCUT2D eigenvalue weighted by Gasteiger charge is -2.26. The van der Waals surface area contributed by atoms with E-state index in [0.29, 0.717) is 12.3 Å². The Morgan fingerprint density at radius 3 is 2.73 bits per heavy atom. The lowest BCUT2D eigenvalue weighted by atomic mass is 10.1. The first kappa shape index (κ1) is 12.1. The number of hydrogen-bond acceptors (Lipinski definition) is 4. The first-order chi connectivity index (χ1) is 6.89. The minimum Gasteiger partial charge on any atom is -0.461 e. The highest BCUT2D eigenvalue weighted by molar-refractivity contribution is 7.90. The van der Waals surface area contributed by atoms with Gasteiger partial charge in [0.15, 0.2) is 0 Å². The Kier molecular flexibility index (Phi) is 3.44. The topological polar surface area (TPSA) is 55.7 Å². The van der Waals surface area contributed by atoms with Crippen molar-refractivity contribution in [2.45, 2.75) is 32.4 Å². The number of aliphatic imine (C=N–C) groups is 1. The first-order valence-corrected chi connectivity index (χ1v) is 5.96. The molecular weight excluding hydrogens is 214 g/mol. The molecule has 1 aliphatic rings. The van der Waals surface area contributed by atoms with Crippen LogP contribution >= 0.6 is 0 Å². The molecular formula is C10H15NO3S. The summed E-state index contributed by atoms with van der Waals surface area (Å²) >= 11 is 0. The Morgan fingerprint density at radius 2 is 2.20 bits per heavy atom. The number of esters is 1. The molecule has 0 bridgehead atoms. The highest BCUT2D eigenvalue weighted by Crippen LogP contribution is 2.24. The van der Waals surface area contributed by atoms with Crippen molar-refractivity contribution in [2.24, 2.45) is 4.99 Å². The molecule has 0 aliphatic carbocycles. The van der Waals surface area contributed by atoms with Crippen LogP contribution in [0.4, 0.5) is 0 Å². The molecule has 1 unspecified atom stereocenters. The molecule has 1 rings (SSSR count). The summed E-state index contributed by atoms with van der Waals surface area (Å²) in [6.45, 7) is 7.19. The van der Waals surface area contributed by atoms with E-state index in [1.165, 1.54) is 0 Å². The summed E-state index contributed by atoms with van der Waals surface area (Å²) in [5.74, 6) is -0.483. The van der Waals surface area contributed by atoms with Crippen LogP contribution in [0.2, 0.25) is 0 Å². The second kappa shape index (κ2) is 4.26. The van der Waals surface area contributed by atoms with Crippen molar-refractivity contribution in [2.75, 3.05) is 6.61 Å². The second-order valence-electron chi connectivity index (χ2n) is 3.75. The molecule has 0 aromatic heterocycles. The smallest absolute Gasteiger partial charge is 0.354 e. The van der Waals surface area contributed by atoms with Gasteiger partial charge in [-0.15, -0.1) is 0 Å². The van der Waals surface area contributed by atoms with E-state index in [4.69, 9.17) is 4.74 Å². The van der Waals surface area contributed by atoms with Crippen LogP contribution in [0.15, 0.2) is 16.1 Å². The Hall–Kier alpha value is -0.970. The molecule has 84 valence electrons. The summed E-state index contributed by atoms with van der Waals surface area (Å²) in [6.07, 6.45) is 0. The highest BCUT2D eigenvalue weighted by Gasteiger charge is 2.38. The molecule has 4 nitrogen and oxygen atoms in total. The van der Waals surface area contributed by atoms with Crippen LogP contribution in [-0.4, -0.2) is 27.2 Å². The summed E-state index contributed by atoms with van der Waals surface area (Å²) in [4.78, 5) is 15.7. The molecule has 0 aromatic carbocycles. The fourth-order valence-electron chi connectivity index (χ4n) is 1.23. The monoisotopic (exact) mass is 229 g/mol. The quantitative estimate of drug-likeness (QED) is 0.672. The maximum Gasteiger partial charge on any atom is 0.354 e. The van der Waals surface area contributed by atoms with Crippen molar-refractivity contribution in [3.63, 3.8) is 0 Å². The van der Waals surface area contributed by atoms with E-state index in [1.54, 1.807) is 33.1 Å². The predicted molar refractivity (Wildman–Crippen MR) is 60.0 cm³/mol. The average Bonchev–Trinajstić information content (AvgIpc) is 2.12. The summed E-state index contributed by atoms with van der Waals surface area (Å²) in [5, 5.41) is 1.56. The third-order valence-corrected chi connectivity index (χ3v) is 3.86. The standard InChI is InChI=1S/C10H15NO3S/c1-5-14-9(12)8-10(3,4)15(13)6-7(2)11-8/h6H,5H2,1-4H3. The van der Waals surface area contributed by atoms with Gasteiger partial charge in [-0.2, -0.15) is 0 Å². The van der Waals surface area contributed by atoms with E-state index in [2.05, 4.69) is 4.99 Å². The van der Waals surface area contributed by atoms with Gasteiger partial charge in [-0.3, -0.25) is 4.21 Å². The van der Waals surface area contributed by atoms with Crippen molar-refractivity contribution < 1.29 is 13.7 Å². The molecule has 0 amide bonds. The van der Waals surface area contributed by atoms with Gasteiger partial charge in [-0.05, 0) is 27.7 Å². The zero-order chi connectivity index (χ0) is 11.6. The fourth-order valence-corrected chi connectivity index (χ4v) is 2.20. The minimum absolute atomic E-state index is 0.239. The molecule has 0 spiro atoms. The lowest BCUT2D eigenvalue weighted by Crippen LogP contribution is -2.43. The third-order valence-electron chi connectivity index (χ3n) is 2.11. The molecule has 0 fully saturated rings. The van der Waals surface area contributed by atoms with Gasteiger partial charge in [-0.1, -0.05) is 0 Å². The maximum absolute atomic E-state index is 11.8. The molecule has 0 N–H and O–H groups in total. The van der Waals surface area contributed by atoms with Crippen LogP contribution in [0, 0.1) is 0 Å². The molecule has 1 aliphatic heterocycles. The van der Waals surface area contributed by atoms with E-state index < -0.39 is 21.5 Å². The van der Waals surface area contributed by atoms with E-state index >= 15 is 0 Å². The first-order valence-electron chi connectivity index (χ1n) is 4.75. The molecule has 15 heavy (non-hydrogen) atoms. The number of allylic oxidation sites excluding steroid dienone is 1. The zero-order valence-corrected chi connectivity index (χ0v) is 10.2. The number of ether oxygens (including phenoxy) is 1. The molecule has 0 saturated heterocycles. The summed E-state index contributed by atoms with van der Waals surface area (Å²) in [7, 11) is -1.23. The average molecular weight is 229 g/mol. The highest BCUT2D eigenvalue weighted by atomic mass is 32.2. The van der Waals surface area contributed by atoms with Crippen LogP contribution in [-0.2, 0) is 20.3 Å². The predicted octanol–water partition coefficient (Wildman–Crippen LogP) is 1.39. The summed E-state index contributed by atoms with van der Waals surface area (Å²) in [6, 6.07) is 0. The Balaban J connectivity index is 3.09. The maximum atomic E-state index is 11.8. The molecule has 0 saturated carbocycles. The largest absolute Gasteiger partial charge is 0.461 e. The van der Waals surface area contributed by atoms with Crippen LogP contribution in [0.1, 0.15) is 27.7 Å². The van der Waals surface area contributed by atoms with Gasteiger partial charge in [0.1, 0.15) is 5.71 Å². The number of nitrogens with zero attached hydrogens (tertiary/aromatic N) is 1. The van der Waals surface area contributed by atoms with Gasteiger partial charge >= 0.3 is 5.97 Å². The summed E-state index contributed by atoms with van der Waals surface area (Å²) in [5.41, 5.74) is 0.832. The van der Waals surface area contributed by atoms with Crippen molar-refractivity contribution in [3.8, 4) is 0 Å². The van der Waals surface area contributed by atoms with E-state index in [0.717, 1.165) is 0 Å². The zero-order valence-electron chi connectivity index (χ0n) is 9.36. The van der Waals surface area contributed by atoms with Crippen molar-refractivity contribution in [1.29, 1.82) is 0 Å². The molecule has 0 aromatic rings. The molecule has 1 atom stereocenters. The number of carbonyl (C=O) groups excluding carboxylic acids is 1. The number of rotatable bonds is 2. The Labute approximate surface area is 91.9 Å². The van der Waals surface area contributed by atoms with Gasteiger partial charge in [0.2, 0.25) is 0 Å². The van der Waals surface area contributed by atoms with E-state index in [1.807, 2.05) is 0 Å². The number of carbonyl (C=O) groups is 1. The van der Waals surface area contributed by atoms with Crippen LogP contribution in [0.3, 0.4) is 0 Å². The second-order valence-corrected chi connectivity index (χ2v) is 5.60. The van der Waals surface area contributed by atoms with Gasteiger partial charge < -0.3 is 4.74 Å². The molecule has 0 radical (unpaired) electrons. The SMILES string of the molecule is CCOC(=O)C1=NC(C)=CS(=O)C1(C)C.